The van der Waals surface area contributed by atoms with Crippen molar-refractivity contribution in [2.24, 2.45) is 0 Å². The second-order valence-electron chi connectivity index (χ2n) is 5.10. The van der Waals surface area contributed by atoms with Crippen LogP contribution in [0.15, 0.2) is 42.5 Å². The van der Waals surface area contributed by atoms with Crippen LogP contribution >= 0.6 is 0 Å². The van der Waals surface area contributed by atoms with Crippen LogP contribution in [0.25, 0.3) is 12.2 Å². The number of aromatic carboxylic acids is 1. The van der Waals surface area contributed by atoms with Crippen molar-refractivity contribution < 1.29 is 36.2 Å². The number of carboxylic acids is 1. The standard InChI is InChI=1S/C17H10F6O2/c18-16(19,20)13-7-11(8-14(9-13)17(21,22)23)2-1-10-3-5-12(6-4-10)15(24)25/h1-9H,(H,24,25). The van der Waals surface area contributed by atoms with Gasteiger partial charge in [0.05, 0.1) is 16.7 Å². The average molecular weight is 360 g/mol. The molecule has 0 radical (unpaired) electrons. The smallest absolute Gasteiger partial charge is 0.416 e. The highest BCUT2D eigenvalue weighted by molar-refractivity contribution is 5.88. The maximum absolute atomic E-state index is 12.8. The first kappa shape index (κ1) is 18.6. The first-order valence-electron chi connectivity index (χ1n) is 6.78. The van der Waals surface area contributed by atoms with Crippen molar-refractivity contribution in [3.05, 3.63) is 70.3 Å². The van der Waals surface area contributed by atoms with Gasteiger partial charge in [-0.25, -0.2) is 4.79 Å². The average Bonchev–Trinajstić information content (AvgIpc) is 2.51. The molecule has 2 aromatic rings. The molecule has 0 bridgehead atoms. The van der Waals surface area contributed by atoms with Gasteiger partial charge in [0.2, 0.25) is 0 Å². The van der Waals surface area contributed by atoms with Gasteiger partial charge in [0.1, 0.15) is 0 Å². The van der Waals surface area contributed by atoms with E-state index in [0.29, 0.717) is 17.7 Å². The van der Waals surface area contributed by atoms with E-state index in [1.54, 1.807) is 0 Å². The van der Waals surface area contributed by atoms with Crippen molar-refractivity contribution in [2.75, 3.05) is 0 Å². The van der Waals surface area contributed by atoms with Crippen LogP contribution in [0.4, 0.5) is 26.3 Å². The highest BCUT2D eigenvalue weighted by Crippen LogP contribution is 2.36. The van der Waals surface area contributed by atoms with E-state index in [4.69, 9.17) is 5.11 Å². The molecule has 0 aromatic heterocycles. The van der Waals surface area contributed by atoms with Crippen LogP contribution in [0, 0.1) is 0 Å². The molecular weight excluding hydrogens is 350 g/mol. The summed E-state index contributed by atoms with van der Waals surface area (Å²) in [5.74, 6) is -1.15. The number of halogens is 6. The third-order valence-electron chi connectivity index (χ3n) is 3.24. The minimum atomic E-state index is -4.91. The molecule has 0 saturated heterocycles. The van der Waals surface area contributed by atoms with Gasteiger partial charge in [-0.1, -0.05) is 24.3 Å². The van der Waals surface area contributed by atoms with E-state index in [9.17, 15) is 31.1 Å². The van der Waals surface area contributed by atoms with E-state index in [2.05, 4.69) is 0 Å². The third-order valence-corrected chi connectivity index (χ3v) is 3.24. The summed E-state index contributed by atoms with van der Waals surface area (Å²) in [5, 5.41) is 8.77. The monoisotopic (exact) mass is 360 g/mol. The lowest BCUT2D eigenvalue weighted by Crippen LogP contribution is -2.11. The van der Waals surface area contributed by atoms with Crippen molar-refractivity contribution in [3.8, 4) is 0 Å². The highest BCUT2D eigenvalue weighted by atomic mass is 19.4. The molecule has 0 spiro atoms. The van der Waals surface area contributed by atoms with Crippen LogP contribution in [-0.2, 0) is 12.4 Å². The fourth-order valence-corrected chi connectivity index (χ4v) is 2.00. The molecule has 0 aliphatic carbocycles. The fourth-order valence-electron chi connectivity index (χ4n) is 2.00. The third kappa shape index (κ3) is 4.85. The van der Waals surface area contributed by atoms with Crippen LogP contribution < -0.4 is 0 Å². The molecule has 0 aliphatic rings. The number of carbonyl (C=O) groups is 1. The van der Waals surface area contributed by atoms with E-state index in [1.165, 1.54) is 30.3 Å². The van der Waals surface area contributed by atoms with E-state index in [0.717, 1.165) is 6.08 Å². The lowest BCUT2D eigenvalue weighted by Gasteiger charge is -2.12. The molecule has 0 fully saturated rings. The Morgan fingerprint density at radius 3 is 1.60 bits per heavy atom. The summed E-state index contributed by atoms with van der Waals surface area (Å²) in [6.45, 7) is 0. The number of benzene rings is 2. The number of carboxylic acid groups (broad SMARTS) is 1. The predicted octanol–water partition coefficient (Wildman–Crippen LogP) is 5.59. The summed E-state index contributed by atoms with van der Waals surface area (Å²) < 4.78 is 76.6. The Labute approximate surface area is 138 Å². The van der Waals surface area contributed by atoms with E-state index < -0.39 is 29.4 Å². The normalized spacial score (nSPS) is 12.6. The van der Waals surface area contributed by atoms with Crippen molar-refractivity contribution in [3.63, 3.8) is 0 Å². The summed E-state index contributed by atoms with van der Waals surface area (Å²) in [7, 11) is 0. The van der Waals surface area contributed by atoms with Gasteiger partial charge in [0.25, 0.3) is 0 Å². The highest BCUT2D eigenvalue weighted by Gasteiger charge is 2.36. The zero-order valence-corrected chi connectivity index (χ0v) is 12.3. The Morgan fingerprint density at radius 1 is 0.760 bits per heavy atom. The number of rotatable bonds is 3. The molecule has 132 valence electrons. The Balaban J connectivity index is 2.39. The van der Waals surface area contributed by atoms with E-state index >= 15 is 0 Å². The number of hydrogen-bond donors (Lipinski definition) is 1. The Morgan fingerprint density at radius 2 is 1.20 bits per heavy atom. The topological polar surface area (TPSA) is 37.3 Å². The molecule has 0 saturated carbocycles. The van der Waals surface area contributed by atoms with Crippen molar-refractivity contribution in [1.29, 1.82) is 0 Å². The Kier molecular flexibility index (Phi) is 4.92. The van der Waals surface area contributed by atoms with Crippen molar-refractivity contribution >= 4 is 18.1 Å². The van der Waals surface area contributed by atoms with Gasteiger partial charge in [0, 0.05) is 0 Å². The molecule has 0 heterocycles. The van der Waals surface area contributed by atoms with Gasteiger partial charge in [-0.05, 0) is 41.5 Å². The molecule has 25 heavy (non-hydrogen) atoms. The maximum Gasteiger partial charge on any atom is 0.416 e. The zero-order chi connectivity index (χ0) is 18.8. The summed E-state index contributed by atoms with van der Waals surface area (Å²) >= 11 is 0. The number of alkyl halides is 6. The molecule has 2 aromatic carbocycles. The second kappa shape index (κ2) is 6.62. The van der Waals surface area contributed by atoms with Crippen molar-refractivity contribution in [2.45, 2.75) is 12.4 Å². The van der Waals surface area contributed by atoms with Crippen LogP contribution in [0.5, 0.6) is 0 Å². The fraction of sp³-hybridized carbons (Fsp3) is 0.118. The van der Waals surface area contributed by atoms with Crippen molar-refractivity contribution in [1.82, 2.24) is 0 Å². The van der Waals surface area contributed by atoms with E-state index in [1.807, 2.05) is 0 Å². The molecule has 0 unspecified atom stereocenters. The Bertz CT molecular complexity index is 769. The number of hydrogen-bond acceptors (Lipinski definition) is 1. The molecule has 2 nitrogen and oxygen atoms in total. The summed E-state index contributed by atoms with van der Waals surface area (Å²) in [4.78, 5) is 10.7. The Hall–Kier alpha value is -2.77. The van der Waals surface area contributed by atoms with Crippen LogP contribution in [0.1, 0.15) is 32.6 Å². The molecule has 0 amide bonds. The van der Waals surface area contributed by atoms with E-state index in [-0.39, 0.29) is 17.2 Å². The summed E-state index contributed by atoms with van der Waals surface area (Å²) in [6, 6.07) is 6.59. The molecule has 0 atom stereocenters. The first-order valence-corrected chi connectivity index (χ1v) is 6.78. The minimum absolute atomic E-state index is 0.00979. The zero-order valence-electron chi connectivity index (χ0n) is 12.3. The quantitative estimate of drug-likeness (QED) is 0.572. The molecular formula is C17H10F6O2. The maximum atomic E-state index is 12.8. The van der Waals surface area contributed by atoms with Crippen LogP contribution in [0.2, 0.25) is 0 Å². The van der Waals surface area contributed by atoms with Gasteiger partial charge in [0.15, 0.2) is 0 Å². The molecule has 2 rings (SSSR count). The lowest BCUT2D eigenvalue weighted by atomic mass is 10.0. The van der Waals surface area contributed by atoms with Gasteiger partial charge < -0.3 is 5.11 Å². The van der Waals surface area contributed by atoms with Crippen LogP contribution in [0.3, 0.4) is 0 Å². The van der Waals surface area contributed by atoms with Gasteiger partial charge >= 0.3 is 18.3 Å². The van der Waals surface area contributed by atoms with Gasteiger partial charge in [-0.3, -0.25) is 0 Å². The SMILES string of the molecule is O=C(O)c1ccc(C=Cc2cc(C(F)(F)F)cc(C(F)(F)F)c2)cc1. The second-order valence-corrected chi connectivity index (χ2v) is 5.10. The van der Waals surface area contributed by atoms with Gasteiger partial charge in [-0.15, -0.1) is 0 Å². The summed E-state index contributed by atoms with van der Waals surface area (Å²) in [5.41, 5.74) is -2.64. The first-order chi connectivity index (χ1) is 11.5. The lowest BCUT2D eigenvalue weighted by molar-refractivity contribution is -0.143. The van der Waals surface area contributed by atoms with Gasteiger partial charge in [-0.2, -0.15) is 26.3 Å². The largest absolute Gasteiger partial charge is 0.478 e. The molecule has 8 heteroatoms. The van der Waals surface area contributed by atoms with Crippen LogP contribution in [-0.4, -0.2) is 11.1 Å². The summed E-state index contributed by atoms with van der Waals surface area (Å²) in [6.07, 6.45) is -7.43. The molecule has 0 aliphatic heterocycles. The molecule has 1 N–H and O–H groups in total. The minimum Gasteiger partial charge on any atom is -0.478 e. The predicted molar refractivity (Wildman–Crippen MR) is 78.8 cm³/mol.